The molecule has 5 heteroatoms. The molecule has 0 radical (unpaired) electrons. The van der Waals surface area contributed by atoms with Crippen LogP contribution in [0.1, 0.15) is 37.1 Å². The largest absolute Gasteiger partial charge is 0.391 e. The van der Waals surface area contributed by atoms with E-state index in [1.54, 1.807) is 0 Å². The van der Waals surface area contributed by atoms with Gasteiger partial charge in [0.1, 0.15) is 0 Å². The molecular weight excluding hydrogens is 254 g/mol. The maximum absolute atomic E-state index is 10.1. The number of aryl methyl sites for hydroxylation is 1. The van der Waals surface area contributed by atoms with Crippen molar-refractivity contribution in [2.75, 3.05) is 26.2 Å². The van der Waals surface area contributed by atoms with Gasteiger partial charge in [0.2, 0.25) is 0 Å². The molecule has 1 aliphatic carbocycles. The summed E-state index contributed by atoms with van der Waals surface area (Å²) in [7, 11) is 0. The lowest BCUT2D eigenvalue weighted by Gasteiger charge is -2.42. The second kappa shape index (κ2) is 6.24. The minimum Gasteiger partial charge on any atom is -0.391 e. The average molecular weight is 279 g/mol. The third-order valence-electron chi connectivity index (χ3n) is 4.63. The zero-order chi connectivity index (χ0) is 13.9. The van der Waals surface area contributed by atoms with Crippen LogP contribution < -0.4 is 0 Å². The summed E-state index contributed by atoms with van der Waals surface area (Å²) in [5, 5.41) is 14.1. The van der Waals surface area contributed by atoms with Crippen molar-refractivity contribution in [2.24, 2.45) is 0 Å². The summed E-state index contributed by atoms with van der Waals surface area (Å²) >= 11 is 0. The average Bonchev–Trinajstić information content (AvgIpc) is 2.86. The van der Waals surface area contributed by atoms with Crippen molar-refractivity contribution in [3.8, 4) is 0 Å². The molecule has 1 saturated carbocycles. The van der Waals surface area contributed by atoms with Gasteiger partial charge < -0.3 is 9.63 Å². The Morgan fingerprint density at radius 3 is 2.65 bits per heavy atom. The van der Waals surface area contributed by atoms with E-state index >= 15 is 0 Å². The fraction of sp³-hybridized carbons (Fsp3) is 0.800. The third-order valence-corrected chi connectivity index (χ3v) is 4.63. The summed E-state index contributed by atoms with van der Waals surface area (Å²) in [6.07, 6.45) is 4.46. The van der Waals surface area contributed by atoms with Gasteiger partial charge in [-0.05, 0) is 19.8 Å². The van der Waals surface area contributed by atoms with Crippen molar-refractivity contribution in [3.63, 3.8) is 0 Å². The fourth-order valence-corrected chi connectivity index (χ4v) is 3.48. The van der Waals surface area contributed by atoms with Gasteiger partial charge in [0, 0.05) is 38.3 Å². The molecule has 2 heterocycles. The first-order valence-electron chi connectivity index (χ1n) is 7.79. The highest BCUT2D eigenvalue weighted by Gasteiger charge is 2.30. The molecule has 0 aromatic carbocycles. The van der Waals surface area contributed by atoms with Crippen LogP contribution in [0.4, 0.5) is 0 Å². The van der Waals surface area contributed by atoms with Crippen molar-refractivity contribution in [2.45, 2.75) is 51.3 Å². The number of piperazine rings is 1. The van der Waals surface area contributed by atoms with E-state index in [1.165, 1.54) is 12.8 Å². The van der Waals surface area contributed by atoms with E-state index < -0.39 is 0 Å². The molecule has 0 spiro atoms. The van der Waals surface area contributed by atoms with Crippen LogP contribution in [0, 0.1) is 6.92 Å². The SMILES string of the molecule is Cc1cc(CN2CCN(C3CCCCC3O)CC2)on1. The normalized spacial score (nSPS) is 29.7. The molecule has 0 bridgehead atoms. The van der Waals surface area contributed by atoms with Gasteiger partial charge in [-0.1, -0.05) is 18.0 Å². The van der Waals surface area contributed by atoms with Gasteiger partial charge in [-0.2, -0.15) is 0 Å². The molecule has 1 aromatic rings. The van der Waals surface area contributed by atoms with Gasteiger partial charge in [-0.15, -0.1) is 0 Å². The van der Waals surface area contributed by atoms with Gasteiger partial charge in [-0.25, -0.2) is 0 Å². The Labute approximate surface area is 120 Å². The third kappa shape index (κ3) is 3.22. The summed E-state index contributed by atoms with van der Waals surface area (Å²) in [5.74, 6) is 0.952. The van der Waals surface area contributed by atoms with Crippen LogP contribution in [0.15, 0.2) is 10.6 Å². The predicted molar refractivity (Wildman–Crippen MR) is 76.4 cm³/mol. The van der Waals surface area contributed by atoms with Gasteiger partial charge in [0.25, 0.3) is 0 Å². The highest BCUT2D eigenvalue weighted by molar-refractivity contribution is 5.03. The van der Waals surface area contributed by atoms with Crippen molar-refractivity contribution in [1.82, 2.24) is 15.0 Å². The number of nitrogens with zero attached hydrogens (tertiary/aromatic N) is 3. The Morgan fingerprint density at radius 2 is 2.00 bits per heavy atom. The van der Waals surface area contributed by atoms with Gasteiger partial charge in [0.05, 0.1) is 18.3 Å². The Balaban J connectivity index is 1.49. The molecule has 2 fully saturated rings. The lowest BCUT2D eigenvalue weighted by Crippen LogP contribution is -2.54. The van der Waals surface area contributed by atoms with Crippen molar-refractivity contribution in [1.29, 1.82) is 0 Å². The number of rotatable bonds is 3. The van der Waals surface area contributed by atoms with Crippen LogP contribution in [-0.2, 0) is 6.54 Å². The number of hydrogen-bond acceptors (Lipinski definition) is 5. The molecule has 1 aromatic heterocycles. The van der Waals surface area contributed by atoms with Crippen LogP contribution in [0.3, 0.4) is 0 Å². The predicted octanol–water partition coefficient (Wildman–Crippen LogP) is 1.40. The molecule has 2 unspecified atom stereocenters. The second-order valence-electron chi connectivity index (χ2n) is 6.17. The highest BCUT2D eigenvalue weighted by atomic mass is 16.5. The van der Waals surface area contributed by atoms with Crippen molar-refractivity contribution >= 4 is 0 Å². The Hall–Kier alpha value is -0.910. The first kappa shape index (κ1) is 14.0. The summed E-state index contributed by atoms with van der Waals surface area (Å²) < 4.78 is 5.28. The Kier molecular flexibility index (Phi) is 4.38. The summed E-state index contributed by atoms with van der Waals surface area (Å²) in [4.78, 5) is 4.89. The van der Waals surface area contributed by atoms with E-state index in [4.69, 9.17) is 4.52 Å². The van der Waals surface area contributed by atoms with E-state index in [0.29, 0.717) is 6.04 Å². The van der Waals surface area contributed by atoms with Gasteiger partial charge in [0.15, 0.2) is 5.76 Å². The molecule has 0 amide bonds. The molecule has 1 saturated heterocycles. The Bertz CT molecular complexity index is 427. The first-order chi connectivity index (χ1) is 9.72. The number of aliphatic hydroxyl groups is 1. The van der Waals surface area contributed by atoms with Crippen LogP contribution in [-0.4, -0.2) is 58.4 Å². The molecule has 3 rings (SSSR count). The zero-order valence-corrected chi connectivity index (χ0v) is 12.3. The maximum atomic E-state index is 10.1. The van der Waals surface area contributed by atoms with Crippen molar-refractivity contribution < 1.29 is 9.63 Å². The van der Waals surface area contributed by atoms with Crippen LogP contribution >= 0.6 is 0 Å². The van der Waals surface area contributed by atoms with E-state index in [1.807, 2.05) is 13.0 Å². The van der Waals surface area contributed by atoms with Crippen LogP contribution in [0.25, 0.3) is 0 Å². The number of aromatic nitrogens is 1. The second-order valence-corrected chi connectivity index (χ2v) is 6.17. The lowest BCUT2D eigenvalue weighted by atomic mass is 9.91. The summed E-state index contributed by atoms with van der Waals surface area (Å²) in [6, 6.07) is 2.40. The quantitative estimate of drug-likeness (QED) is 0.906. The van der Waals surface area contributed by atoms with Gasteiger partial charge >= 0.3 is 0 Å². The smallest absolute Gasteiger partial charge is 0.150 e. The molecule has 5 nitrogen and oxygen atoms in total. The minimum absolute atomic E-state index is 0.118. The first-order valence-corrected chi connectivity index (χ1v) is 7.79. The zero-order valence-electron chi connectivity index (χ0n) is 12.3. The topological polar surface area (TPSA) is 52.7 Å². The number of aliphatic hydroxyl groups excluding tert-OH is 1. The minimum atomic E-state index is -0.118. The monoisotopic (exact) mass is 279 g/mol. The van der Waals surface area contributed by atoms with Crippen LogP contribution in [0.2, 0.25) is 0 Å². The number of hydrogen-bond donors (Lipinski definition) is 1. The van der Waals surface area contributed by atoms with E-state index in [0.717, 1.165) is 57.0 Å². The molecule has 2 atom stereocenters. The van der Waals surface area contributed by atoms with Gasteiger partial charge in [-0.3, -0.25) is 9.80 Å². The van der Waals surface area contributed by atoms with Crippen LogP contribution in [0.5, 0.6) is 0 Å². The summed E-state index contributed by atoms with van der Waals surface area (Å²) in [6.45, 7) is 6.99. The summed E-state index contributed by atoms with van der Waals surface area (Å²) in [5.41, 5.74) is 0.948. The maximum Gasteiger partial charge on any atom is 0.150 e. The molecular formula is C15H25N3O2. The molecule has 1 N–H and O–H groups in total. The molecule has 2 aliphatic rings. The highest BCUT2D eigenvalue weighted by Crippen LogP contribution is 2.24. The van der Waals surface area contributed by atoms with E-state index in [2.05, 4.69) is 15.0 Å². The fourth-order valence-electron chi connectivity index (χ4n) is 3.48. The molecule has 1 aliphatic heterocycles. The molecule has 20 heavy (non-hydrogen) atoms. The molecule has 112 valence electrons. The van der Waals surface area contributed by atoms with E-state index in [-0.39, 0.29) is 6.10 Å². The standard InChI is InChI=1S/C15H25N3O2/c1-12-10-13(20-16-12)11-17-6-8-18(9-7-17)14-4-2-3-5-15(14)19/h10,14-15,19H,2-9,11H2,1H3. The lowest BCUT2D eigenvalue weighted by molar-refractivity contribution is -0.00580. The van der Waals surface area contributed by atoms with Crippen molar-refractivity contribution in [3.05, 3.63) is 17.5 Å². The van der Waals surface area contributed by atoms with E-state index in [9.17, 15) is 5.11 Å². The Morgan fingerprint density at radius 1 is 1.25 bits per heavy atom.